The molecule has 0 bridgehead atoms. The summed E-state index contributed by atoms with van der Waals surface area (Å²) >= 11 is 0. The molecule has 0 amide bonds. The highest BCUT2D eigenvalue weighted by atomic mass is 16.3. The second kappa shape index (κ2) is 7.64. The Labute approximate surface area is 142 Å². The Morgan fingerprint density at radius 2 is 1.79 bits per heavy atom. The lowest BCUT2D eigenvalue weighted by molar-refractivity contribution is 0.517. The molecule has 1 aromatic carbocycles. The molecule has 1 N–H and O–H groups in total. The van der Waals surface area contributed by atoms with Crippen LogP contribution in [0.25, 0.3) is 11.3 Å². The van der Waals surface area contributed by atoms with Crippen LogP contribution in [0.15, 0.2) is 59.2 Å². The Bertz CT molecular complexity index is 752. The highest BCUT2D eigenvalue weighted by molar-refractivity contribution is 5.64. The van der Waals surface area contributed by atoms with Crippen molar-refractivity contribution >= 4 is 11.8 Å². The monoisotopic (exact) mass is 322 g/mol. The molecule has 124 valence electrons. The molecule has 5 nitrogen and oxygen atoms in total. The average Bonchev–Trinajstić information content (AvgIpc) is 3.15. The molecule has 2 aromatic heterocycles. The second-order valence-corrected chi connectivity index (χ2v) is 5.41. The SMILES string of the molecule is CCN(CC)c1cc(-c2ccccc2)nc(NCc2ccco2)n1. The third-order valence-corrected chi connectivity index (χ3v) is 3.87. The highest BCUT2D eigenvalue weighted by Crippen LogP contribution is 2.23. The van der Waals surface area contributed by atoms with Crippen molar-refractivity contribution in [2.45, 2.75) is 20.4 Å². The van der Waals surface area contributed by atoms with Crippen LogP contribution in [-0.2, 0) is 6.54 Å². The van der Waals surface area contributed by atoms with Crippen LogP contribution in [0.4, 0.5) is 11.8 Å². The summed E-state index contributed by atoms with van der Waals surface area (Å²) in [6.45, 7) is 6.62. The third-order valence-electron chi connectivity index (χ3n) is 3.87. The summed E-state index contributed by atoms with van der Waals surface area (Å²) < 4.78 is 5.36. The molecule has 3 rings (SSSR count). The molecule has 0 unspecified atom stereocenters. The highest BCUT2D eigenvalue weighted by Gasteiger charge is 2.11. The summed E-state index contributed by atoms with van der Waals surface area (Å²) in [6.07, 6.45) is 1.67. The van der Waals surface area contributed by atoms with Crippen molar-refractivity contribution < 1.29 is 4.42 Å². The Balaban J connectivity index is 1.93. The van der Waals surface area contributed by atoms with Gasteiger partial charge in [0.2, 0.25) is 5.95 Å². The van der Waals surface area contributed by atoms with E-state index in [-0.39, 0.29) is 0 Å². The minimum absolute atomic E-state index is 0.558. The molecule has 3 aromatic rings. The summed E-state index contributed by atoms with van der Waals surface area (Å²) in [7, 11) is 0. The van der Waals surface area contributed by atoms with Crippen LogP contribution in [0.2, 0.25) is 0 Å². The minimum Gasteiger partial charge on any atom is -0.467 e. The van der Waals surface area contributed by atoms with E-state index in [1.165, 1.54) is 0 Å². The molecule has 0 spiro atoms. The van der Waals surface area contributed by atoms with Crippen LogP contribution in [0.3, 0.4) is 0 Å². The van der Waals surface area contributed by atoms with Crippen molar-refractivity contribution in [3.05, 3.63) is 60.6 Å². The van der Waals surface area contributed by atoms with Crippen LogP contribution in [0, 0.1) is 0 Å². The molecule has 0 radical (unpaired) electrons. The van der Waals surface area contributed by atoms with E-state index in [4.69, 9.17) is 4.42 Å². The van der Waals surface area contributed by atoms with E-state index in [0.29, 0.717) is 12.5 Å². The Kier molecular flexibility index (Phi) is 5.11. The van der Waals surface area contributed by atoms with Crippen LogP contribution in [0.5, 0.6) is 0 Å². The van der Waals surface area contributed by atoms with Gasteiger partial charge < -0.3 is 14.6 Å². The first-order chi connectivity index (χ1) is 11.8. The zero-order chi connectivity index (χ0) is 16.8. The molecule has 2 heterocycles. The number of hydrogen-bond donors (Lipinski definition) is 1. The third kappa shape index (κ3) is 3.74. The molecular weight excluding hydrogens is 300 g/mol. The molecule has 24 heavy (non-hydrogen) atoms. The van der Waals surface area contributed by atoms with Crippen LogP contribution < -0.4 is 10.2 Å². The van der Waals surface area contributed by atoms with Gasteiger partial charge >= 0.3 is 0 Å². The Morgan fingerprint density at radius 1 is 1.00 bits per heavy atom. The van der Waals surface area contributed by atoms with Gasteiger partial charge in [-0.1, -0.05) is 30.3 Å². The summed E-state index contributed by atoms with van der Waals surface area (Å²) in [5, 5.41) is 3.26. The number of nitrogens with one attached hydrogen (secondary N) is 1. The maximum absolute atomic E-state index is 5.36. The van der Waals surface area contributed by atoms with E-state index in [1.807, 2.05) is 36.4 Å². The van der Waals surface area contributed by atoms with Gasteiger partial charge in [-0.05, 0) is 26.0 Å². The number of furan rings is 1. The van der Waals surface area contributed by atoms with E-state index in [9.17, 15) is 0 Å². The van der Waals surface area contributed by atoms with Crippen molar-refractivity contribution in [3.8, 4) is 11.3 Å². The summed E-state index contributed by atoms with van der Waals surface area (Å²) in [5.74, 6) is 2.39. The van der Waals surface area contributed by atoms with E-state index in [1.54, 1.807) is 6.26 Å². The van der Waals surface area contributed by atoms with Crippen molar-refractivity contribution in [1.29, 1.82) is 0 Å². The number of aromatic nitrogens is 2. The van der Waals surface area contributed by atoms with E-state index in [2.05, 4.69) is 46.2 Å². The topological polar surface area (TPSA) is 54.2 Å². The van der Waals surface area contributed by atoms with Crippen molar-refractivity contribution in [2.24, 2.45) is 0 Å². The molecular formula is C19H22N4O. The number of hydrogen-bond acceptors (Lipinski definition) is 5. The Morgan fingerprint density at radius 3 is 2.46 bits per heavy atom. The normalized spacial score (nSPS) is 10.6. The summed E-state index contributed by atoms with van der Waals surface area (Å²) in [4.78, 5) is 11.5. The zero-order valence-corrected chi connectivity index (χ0v) is 14.1. The first-order valence-electron chi connectivity index (χ1n) is 8.26. The number of rotatable bonds is 7. The lowest BCUT2D eigenvalue weighted by Crippen LogP contribution is -2.23. The first kappa shape index (κ1) is 16.1. The molecule has 0 saturated carbocycles. The van der Waals surface area contributed by atoms with Crippen molar-refractivity contribution in [2.75, 3.05) is 23.3 Å². The number of nitrogens with zero attached hydrogens (tertiary/aromatic N) is 3. The summed E-state index contributed by atoms with van der Waals surface area (Å²) in [6, 6.07) is 16.0. The number of benzene rings is 1. The van der Waals surface area contributed by atoms with Crippen LogP contribution >= 0.6 is 0 Å². The van der Waals surface area contributed by atoms with Gasteiger partial charge in [0.15, 0.2) is 0 Å². The smallest absolute Gasteiger partial charge is 0.225 e. The van der Waals surface area contributed by atoms with Gasteiger partial charge in [0.25, 0.3) is 0 Å². The van der Waals surface area contributed by atoms with Crippen molar-refractivity contribution in [1.82, 2.24) is 9.97 Å². The maximum Gasteiger partial charge on any atom is 0.225 e. The molecule has 0 aliphatic carbocycles. The van der Waals surface area contributed by atoms with Crippen LogP contribution in [-0.4, -0.2) is 23.1 Å². The average molecular weight is 322 g/mol. The van der Waals surface area contributed by atoms with Gasteiger partial charge in [-0.15, -0.1) is 0 Å². The fourth-order valence-electron chi connectivity index (χ4n) is 2.56. The predicted octanol–water partition coefficient (Wildman–Crippen LogP) is 4.19. The fourth-order valence-corrected chi connectivity index (χ4v) is 2.56. The first-order valence-corrected chi connectivity index (χ1v) is 8.26. The van der Waals surface area contributed by atoms with Gasteiger partial charge in [-0.2, -0.15) is 4.98 Å². The number of anilines is 2. The summed E-state index contributed by atoms with van der Waals surface area (Å²) in [5.41, 5.74) is 1.99. The minimum atomic E-state index is 0.558. The fraction of sp³-hybridized carbons (Fsp3) is 0.263. The van der Waals surface area contributed by atoms with Gasteiger partial charge in [-0.3, -0.25) is 0 Å². The molecule has 0 atom stereocenters. The van der Waals surface area contributed by atoms with Gasteiger partial charge in [0, 0.05) is 24.7 Å². The van der Waals surface area contributed by atoms with E-state index < -0.39 is 0 Å². The maximum atomic E-state index is 5.36. The van der Waals surface area contributed by atoms with Gasteiger partial charge in [0.1, 0.15) is 11.6 Å². The van der Waals surface area contributed by atoms with E-state index >= 15 is 0 Å². The van der Waals surface area contributed by atoms with Crippen LogP contribution in [0.1, 0.15) is 19.6 Å². The molecule has 0 fully saturated rings. The molecule has 0 aliphatic heterocycles. The lowest BCUT2D eigenvalue weighted by Gasteiger charge is -2.21. The molecule has 0 saturated heterocycles. The standard InChI is InChI=1S/C19H22N4O/c1-3-23(4-2)18-13-17(15-9-6-5-7-10-15)21-19(22-18)20-14-16-11-8-12-24-16/h5-13H,3-4,14H2,1-2H3,(H,20,21,22). The predicted molar refractivity (Wildman–Crippen MR) is 97.1 cm³/mol. The van der Waals surface area contributed by atoms with Gasteiger partial charge in [0.05, 0.1) is 18.5 Å². The quantitative estimate of drug-likeness (QED) is 0.706. The molecule has 5 heteroatoms. The second-order valence-electron chi connectivity index (χ2n) is 5.41. The van der Waals surface area contributed by atoms with Gasteiger partial charge in [-0.25, -0.2) is 4.98 Å². The Hall–Kier alpha value is -2.82. The molecule has 0 aliphatic rings. The van der Waals surface area contributed by atoms with Crippen molar-refractivity contribution in [3.63, 3.8) is 0 Å². The lowest BCUT2D eigenvalue weighted by atomic mass is 10.1. The van der Waals surface area contributed by atoms with E-state index in [0.717, 1.165) is 35.9 Å². The zero-order valence-electron chi connectivity index (χ0n) is 14.1. The largest absolute Gasteiger partial charge is 0.467 e.